The smallest absolute Gasteiger partial charge is 0.321 e. The molecule has 1 heterocycles. The van der Waals surface area contributed by atoms with Gasteiger partial charge in [-0.15, -0.1) is 0 Å². The van der Waals surface area contributed by atoms with Crippen LogP contribution in [0, 0.1) is 0 Å². The Bertz CT molecular complexity index is 749. The fraction of sp³-hybridized carbons (Fsp3) is 0.250. The zero-order valence-electron chi connectivity index (χ0n) is 13.7. The van der Waals surface area contributed by atoms with E-state index in [1.807, 2.05) is 32.3 Å². The van der Waals surface area contributed by atoms with E-state index in [0.29, 0.717) is 16.8 Å². The van der Waals surface area contributed by atoms with Gasteiger partial charge in [-0.3, -0.25) is 4.79 Å². The molecule has 126 valence electrons. The first-order valence-electron chi connectivity index (χ1n) is 7.16. The van der Waals surface area contributed by atoms with Crippen LogP contribution in [-0.2, 0) is 11.3 Å². The summed E-state index contributed by atoms with van der Waals surface area (Å²) in [4.78, 5) is 26.1. The summed E-state index contributed by atoms with van der Waals surface area (Å²) in [5.74, 6) is 0.587. The van der Waals surface area contributed by atoms with Crippen LogP contribution >= 0.6 is 11.6 Å². The second-order valence-corrected chi connectivity index (χ2v) is 5.41. The third-order valence-corrected chi connectivity index (χ3v) is 3.32. The maximum Gasteiger partial charge on any atom is 0.321 e. The average molecular weight is 348 g/mol. The number of carbonyl (C=O) groups is 1. The Kier molecular flexibility index (Phi) is 6.08. The number of nitrogens with one attached hydrogen (secondary N) is 1. The van der Waals surface area contributed by atoms with E-state index < -0.39 is 0 Å². The van der Waals surface area contributed by atoms with E-state index in [0.717, 1.165) is 5.56 Å². The Hall–Kier alpha value is -2.67. The van der Waals surface area contributed by atoms with E-state index in [9.17, 15) is 4.79 Å². The highest BCUT2D eigenvalue weighted by Gasteiger charge is 2.09. The van der Waals surface area contributed by atoms with Gasteiger partial charge in [-0.05, 0) is 17.7 Å². The molecule has 8 heteroatoms. The molecule has 1 aromatic carbocycles. The van der Waals surface area contributed by atoms with Crippen molar-refractivity contribution in [2.45, 2.75) is 6.54 Å². The summed E-state index contributed by atoms with van der Waals surface area (Å²) in [5, 5.41) is 3.29. The molecule has 0 fully saturated rings. The summed E-state index contributed by atoms with van der Waals surface area (Å²) in [6, 6.07) is 7.47. The van der Waals surface area contributed by atoms with E-state index in [1.54, 1.807) is 17.0 Å². The van der Waals surface area contributed by atoms with Crippen LogP contribution in [0.5, 0.6) is 6.01 Å². The SMILES string of the molecule is COc1nc(CNC(=O)/C=C/c2ccccc2Cl)nc(N(C)C)n1. The minimum atomic E-state index is -0.277. The van der Waals surface area contributed by atoms with Gasteiger partial charge in [0, 0.05) is 25.2 Å². The molecule has 24 heavy (non-hydrogen) atoms. The molecule has 0 bridgehead atoms. The highest BCUT2D eigenvalue weighted by atomic mass is 35.5. The van der Waals surface area contributed by atoms with E-state index >= 15 is 0 Å². The van der Waals surface area contributed by atoms with E-state index in [1.165, 1.54) is 13.2 Å². The van der Waals surface area contributed by atoms with E-state index in [2.05, 4.69) is 20.3 Å². The molecule has 0 aliphatic carbocycles. The highest BCUT2D eigenvalue weighted by Crippen LogP contribution is 2.16. The number of nitrogens with zero attached hydrogens (tertiary/aromatic N) is 4. The summed E-state index contributed by atoms with van der Waals surface area (Å²) in [7, 11) is 5.09. The molecular weight excluding hydrogens is 330 g/mol. The van der Waals surface area contributed by atoms with Crippen molar-refractivity contribution in [3.8, 4) is 6.01 Å². The first-order chi connectivity index (χ1) is 11.5. The standard InChI is InChI=1S/C16H18ClN5O2/c1-22(2)15-19-13(20-16(21-15)24-3)10-18-14(23)9-8-11-6-4-5-7-12(11)17/h4-9H,10H2,1-3H3,(H,18,23)/b9-8+. The number of hydrogen-bond acceptors (Lipinski definition) is 6. The van der Waals surface area contributed by atoms with Crippen molar-refractivity contribution in [2.75, 3.05) is 26.1 Å². The van der Waals surface area contributed by atoms with Crippen LogP contribution < -0.4 is 15.0 Å². The third-order valence-electron chi connectivity index (χ3n) is 2.97. The number of rotatable bonds is 6. The number of halogens is 1. The van der Waals surface area contributed by atoms with Crippen molar-refractivity contribution in [1.29, 1.82) is 0 Å². The Morgan fingerprint density at radius 3 is 2.71 bits per heavy atom. The van der Waals surface area contributed by atoms with Gasteiger partial charge in [0.2, 0.25) is 11.9 Å². The summed E-state index contributed by atoms with van der Waals surface area (Å²) < 4.78 is 5.04. The topological polar surface area (TPSA) is 80.2 Å². The number of benzene rings is 1. The molecule has 0 unspecified atom stereocenters. The Labute approximate surface area is 145 Å². The summed E-state index contributed by atoms with van der Waals surface area (Å²) in [6.07, 6.45) is 3.06. The fourth-order valence-corrected chi connectivity index (χ4v) is 1.96. The Morgan fingerprint density at radius 1 is 1.29 bits per heavy atom. The van der Waals surface area contributed by atoms with Crippen LogP contribution in [0.1, 0.15) is 11.4 Å². The second kappa shape index (κ2) is 8.26. The van der Waals surface area contributed by atoms with Crippen molar-refractivity contribution in [3.05, 3.63) is 46.8 Å². The molecule has 7 nitrogen and oxygen atoms in total. The lowest BCUT2D eigenvalue weighted by Gasteiger charge is -2.12. The minimum Gasteiger partial charge on any atom is -0.467 e. The van der Waals surface area contributed by atoms with Gasteiger partial charge in [0.05, 0.1) is 13.7 Å². The Balaban J connectivity index is 2.01. The molecule has 0 spiro atoms. The van der Waals surface area contributed by atoms with Crippen LogP contribution in [0.3, 0.4) is 0 Å². The van der Waals surface area contributed by atoms with Crippen LogP contribution in [0.15, 0.2) is 30.3 Å². The molecule has 0 saturated carbocycles. The van der Waals surface area contributed by atoms with Gasteiger partial charge in [0.15, 0.2) is 5.82 Å². The molecule has 0 atom stereocenters. The van der Waals surface area contributed by atoms with Crippen molar-refractivity contribution in [1.82, 2.24) is 20.3 Å². The second-order valence-electron chi connectivity index (χ2n) is 5.01. The molecule has 0 aliphatic rings. The van der Waals surface area contributed by atoms with Crippen molar-refractivity contribution in [3.63, 3.8) is 0 Å². The van der Waals surface area contributed by atoms with E-state index in [4.69, 9.17) is 16.3 Å². The number of hydrogen-bond donors (Lipinski definition) is 1. The van der Waals surface area contributed by atoms with Gasteiger partial charge in [-0.25, -0.2) is 0 Å². The number of methoxy groups -OCH3 is 1. The quantitative estimate of drug-likeness (QED) is 0.804. The predicted octanol–water partition coefficient (Wildman–Crippen LogP) is 1.93. The zero-order valence-corrected chi connectivity index (χ0v) is 14.4. The van der Waals surface area contributed by atoms with Crippen LogP contribution in [0.25, 0.3) is 6.08 Å². The van der Waals surface area contributed by atoms with Gasteiger partial charge < -0.3 is 15.0 Å². The monoisotopic (exact) mass is 347 g/mol. The normalized spacial score (nSPS) is 10.7. The lowest BCUT2D eigenvalue weighted by atomic mass is 10.2. The Morgan fingerprint density at radius 2 is 2.04 bits per heavy atom. The molecule has 1 amide bonds. The van der Waals surface area contributed by atoms with Gasteiger partial charge >= 0.3 is 6.01 Å². The molecule has 1 aromatic heterocycles. The van der Waals surface area contributed by atoms with Crippen LogP contribution in [-0.4, -0.2) is 42.1 Å². The fourth-order valence-electron chi connectivity index (χ4n) is 1.76. The first-order valence-corrected chi connectivity index (χ1v) is 7.54. The third kappa shape index (κ3) is 4.92. The van der Waals surface area contributed by atoms with Crippen molar-refractivity contribution in [2.24, 2.45) is 0 Å². The largest absolute Gasteiger partial charge is 0.467 e. The molecule has 2 aromatic rings. The number of ether oxygens (including phenoxy) is 1. The molecule has 2 rings (SSSR count). The van der Waals surface area contributed by atoms with Gasteiger partial charge in [0.25, 0.3) is 0 Å². The summed E-state index contributed by atoms with van der Waals surface area (Å²) >= 11 is 6.03. The number of carbonyl (C=O) groups excluding carboxylic acids is 1. The molecule has 0 radical (unpaired) electrons. The minimum absolute atomic E-state index is 0.158. The van der Waals surface area contributed by atoms with Gasteiger partial charge in [-0.1, -0.05) is 29.8 Å². The van der Waals surface area contributed by atoms with E-state index in [-0.39, 0.29) is 18.5 Å². The lowest BCUT2D eigenvalue weighted by molar-refractivity contribution is -0.116. The highest BCUT2D eigenvalue weighted by molar-refractivity contribution is 6.32. The first kappa shape index (κ1) is 17.7. The number of anilines is 1. The van der Waals surface area contributed by atoms with Gasteiger partial charge in [-0.2, -0.15) is 15.0 Å². The summed E-state index contributed by atoms with van der Waals surface area (Å²) in [5.41, 5.74) is 0.769. The van der Waals surface area contributed by atoms with Crippen molar-refractivity contribution < 1.29 is 9.53 Å². The lowest BCUT2D eigenvalue weighted by Crippen LogP contribution is -2.23. The number of aromatic nitrogens is 3. The molecular formula is C16H18ClN5O2. The molecule has 0 aliphatic heterocycles. The molecule has 0 saturated heterocycles. The number of amides is 1. The molecule has 1 N–H and O–H groups in total. The van der Waals surface area contributed by atoms with Crippen molar-refractivity contribution >= 4 is 29.5 Å². The predicted molar refractivity (Wildman–Crippen MR) is 93.0 cm³/mol. The summed E-state index contributed by atoms with van der Waals surface area (Å²) in [6.45, 7) is 0.158. The average Bonchev–Trinajstić information content (AvgIpc) is 2.58. The maximum atomic E-state index is 11.9. The van der Waals surface area contributed by atoms with Crippen LogP contribution in [0.2, 0.25) is 5.02 Å². The zero-order chi connectivity index (χ0) is 17.5. The van der Waals surface area contributed by atoms with Gasteiger partial charge in [0.1, 0.15) is 0 Å². The maximum absolute atomic E-state index is 11.9. The van der Waals surface area contributed by atoms with Crippen LogP contribution in [0.4, 0.5) is 5.95 Å².